The first-order chi connectivity index (χ1) is 6.27. The van der Waals surface area contributed by atoms with Crippen LogP contribution in [0.3, 0.4) is 0 Å². The maximum atomic E-state index is 8.60. The zero-order chi connectivity index (χ0) is 9.68. The Balaban J connectivity index is 2.56. The Morgan fingerprint density at radius 2 is 2.38 bits per heavy atom. The van der Waals surface area contributed by atoms with Crippen molar-refractivity contribution in [1.29, 1.82) is 5.26 Å². The van der Waals surface area contributed by atoms with Crippen molar-refractivity contribution in [2.24, 2.45) is 7.05 Å². The summed E-state index contributed by atoms with van der Waals surface area (Å²) in [5.74, 6) is 0.697. The van der Waals surface area contributed by atoms with Gasteiger partial charge in [-0.2, -0.15) is 10.4 Å². The number of rotatable bonds is 4. The predicted molar refractivity (Wildman–Crippen MR) is 51.6 cm³/mol. The van der Waals surface area contributed by atoms with Crippen LogP contribution < -0.4 is 0 Å². The Kier molecular flexibility index (Phi) is 3.78. The number of nitriles is 1. The second kappa shape index (κ2) is 4.88. The van der Waals surface area contributed by atoms with E-state index in [1.54, 1.807) is 4.68 Å². The minimum absolute atomic E-state index is 0.489. The van der Waals surface area contributed by atoms with Crippen LogP contribution in [0.4, 0.5) is 0 Å². The molecule has 1 rings (SSSR count). The second-order valence-corrected chi connectivity index (χ2v) is 3.28. The summed E-state index contributed by atoms with van der Waals surface area (Å²) in [5.41, 5.74) is 1.59. The van der Waals surface area contributed by atoms with E-state index in [0.717, 1.165) is 25.0 Å². The highest BCUT2D eigenvalue weighted by Gasteiger charge is 2.03. The molecule has 0 aliphatic carbocycles. The SMILES string of the molecule is Cn1nc(C#N)cc1CCCCCl. The quantitative estimate of drug-likeness (QED) is 0.546. The molecule has 0 amide bonds. The number of hydrogen-bond donors (Lipinski definition) is 0. The Labute approximate surface area is 82.9 Å². The molecule has 1 aromatic heterocycles. The number of aromatic nitrogens is 2. The molecule has 70 valence electrons. The number of nitrogens with zero attached hydrogens (tertiary/aromatic N) is 3. The Hall–Kier alpha value is -1.01. The minimum Gasteiger partial charge on any atom is -0.271 e. The molecule has 0 aliphatic heterocycles. The van der Waals surface area contributed by atoms with Gasteiger partial charge in [0.15, 0.2) is 5.69 Å². The van der Waals surface area contributed by atoms with Gasteiger partial charge in [0, 0.05) is 18.6 Å². The molecule has 0 fully saturated rings. The van der Waals surface area contributed by atoms with Crippen molar-refractivity contribution < 1.29 is 0 Å². The topological polar surface area (TPSA) is 41.6 Å². The fourth-order valence-electron chi connectivity index (χ4n) is 1.20. The molecule has 0 N–H and O–H groups in total. The van der Waals surface area contributed by atoms with Gasteiger partial charge in [-0.15, -0.1) is 11.6 Å². The molecule has 0 atom stereocenters. The molecule has 13 heavy (non-hydrogen) atoms. The molecule has 0 spiro atoms. The molecule has 1 heterocycles. The summed E-state index contributed by atoms with van der Waals surface area (Å²) in [4.78, 5) is 0. The standard InChI is InChI=1S/C9H12ClN3/c1-13-9(4-2-3-5-10)6-8(7-11)12-13/h6H,2-5H2,1H3. The zero-order valence-corrected chi connectivity index (χ0v) is 8.38. The molecular formula is C9H12ClN3. The van der Waals surface area contributed by atoms with Gasteiger partial charge < -0.3 is 0 Å². The van der Waals surface area contributed by atoms with Crippen LogP contribution in [0.5, 0.6) is 0 Å². The van der Waals surface area contributed by atoms with Crippen LogP contribution in [0.25, 0.3) is 0 Å². The third-order valence-electron chi connectivity index (χ3n) is 1.91. The van der Waals surface area contributed by atoms with E-state index in [4.69, 9.17) is 16.9 Å². The first-order valence-electron chi connectivity index (χ1n) is 4.27. The van der Waals surface area contributed by atoms with E-state index in [1.807, 2.05) is 19.2 Å². The molecule has 3 nitrogen and oxygen atoms in total. The molecule has 4 heteroatoms. The van der Waals surface area contributed by atoms with E-state index >= 15 is 0 Å². The van der Waals surface area contributed by atoms with Crippen LogP contribution in [-0.2, 0) is 13.5 Å². The molecule has 0 aromatic carbocycles. The van der Waals surface area contributed by atoms with Crippen LogP contribution >= 0.6 is 11.6 Å². The van der Waals surface area contributed by atoms with E-state index in [9.17, 15) is 0 Å². The lowest BCUT2D eigenvalue weighted by Crippen LogP contribution is -1.98. The lowest BCUT2D eigenvalue weighted by molar-refractivity contribution is 0.676. The molecule has 0 saturated carbocycles. The first-order valence-corrected chi connectivity index (χ1v) is 4.80. The van der Waals surface area contributed by atoms with Crippen molar-refractivity contribution in [2.75, 3.05) is 5.88 Å². The van der Waals surface area contributed by atoms with E-state index in [0.29, 0.717) is 11.6 Å². The first kappa shape index (κ1) is 10.1. The van der Waals surface area contributed by atoms with Crippen LogP contribution in [-0.4, -0.2) is 15.7 Å². The van der Waals surface area contributed by atoms with Crippen LogP contribution in [0.15, 0.2) is 6.07 Å². The van der Waals surface area contributed by atoms with Crippen molar-refractivity contribution in [3.63, 3.8) is 0 Å². The summed E-state index contributed by atoms with van der Waals surface area (Å²) in [6.07, 6.45) is 3.00. The monoisotopic (exact) mass is 197 g/mol. The normalized spacial score (nSPS) is 9.92. The maximum Gasteiger partial charge on any atom is 0.162 e. The molecule has 0 bridgehead atoms. The number of alkyl halides is 1. The Morgan fingerprint density at radius 1 is 1.62 bits per heavy atom. The Bertz CT molecular complexity index is 311. The van der Waals surface area contributed by atoms with Crippen molar-refractivity contribution in [3.05, 3.63) is 17.5 Å². The highest BCUT2D eigenvalue weighted by molar-refractivity contribution is 6.17. The fraction of sp³-hybridized carbons (Fsp3) is 0.556. The number of halogens is 1. The summed E-state index contributed by atoms with van der Waals surface area (Å²) in [7, 11) is 1.86. The van der Waals surface area contributed by atoms with Gasteiger partial charge in [0.2, 0.25) is 0 Å². The van der Waals surface area contributed by atoms with E-state index < -0.39 is 0 Å². The summed E-state index contributed by atoms with van der Waals surface area (Å²) in [6, 6.07) is 3.85. The molecular weight excluding hydrogens is 186 g/mol. The van der Waals surface area contributed by atoms with Gasteiger partial charge >= 0.3 is 0 Å². The van der Waals surface area contributed by atoms with Crippen molar-refractivity contribution in [3.8, 4) is 6.07 Å². The molecule has 1 aromatic rings. The van der Waals surface area contributed by atoms with Gasteiger partial charge in [-0.25, -0.2) is 0 Å². The van der Waals surface area contributed by atoms with Gasteiger partial charge in [-0.3, -0.25) is 4.68 Å². The lowest BCUT2D eigenvalue weighted by atomic mass is 10.2. The third kappa shape index (κ3) is 2.74. The maximum absolute atomic E-state index is 8.60. The van der Waals surface area contributed by atoms with Crippen LogP contribution in [0.1, 0.15) is 24.2 Å². The highest BCUT2D eigenvalue weighted by atomic mass is 35.5. The smallest absolute Gasteiger partial charge is 0.162 e. The average Bonchev–Trinajstić information content (AvgIpc) is 2.48. The minimum atomic E-state index is 0.489. The fourth-order valence-corrected chi connectivity index (χ4v) is 1.38. The number of hydrogen-bond acceptors (Lipinski definition) is 2. The predicted octanol–water partition coefficient (Wildman–Crippen LogP) is 1.85. The molecule has 0 unspecified atom stereocenters. The van der Waals surface area contributed by atoms with Crippen LogP contribution in [0, 0.1) is 11.3 Å². The molecule has 0 radical (unpaired) electrons. The van der Waals surface area contributed by atoms with Gasteiger partial charge in [-0.1, -0.05) is 0 Å². The lowest BCUT2D eigenvalue weighted by Gasteiger charge is -1.98. The Morgan fingerprint density at radius 3 is 2.92 bits per heavy atom. The van der Waals surface area contributed by atoms with Crippen molar-refractivity contribution in [1.82, 2.24) is 9.78 Å². The zero-order valence-electron chi connectivity index (χ0n) is 7.63. The molecule has 0 aliphatic rings. The van der Waals surface area contributed by atoms with Gasteiger partial charge in [-0.05, 0) is 25.3 Å². The van der Waals surface area contributed by atoms with Gasteiger partial charge in [0.05, 0.1) is 0 Å². The molecule has 0 saturated heterocycles. The van der Waals surface area contributed by atoms with Crippen molar-refractivity contribution in [2.45, 2.75) is 19.3 Å². The summed E-state index contributed by atoms with van der Waals surface area (Å²) in [6.45, 7) is 0. The van der Waals surface area contributed by atoms with Gasteiger partial charge in [0.1, 0.15) is 6.07 Å². The summed E-state index contributed by atoms with van der Waals surface area (Å²) in [5, 5.41) is 12.6. The summed E-state index contributed by atoms with van der Waals surface area (Å²) < 4.78 is 1.76. The van der Waals surface area contributed by atoms with E-state index in [2.05, 4.69) is 5.10 Å². The van der Waals surface area contributed by atoms with E-state index in [-0.39, 0.29) is 0 Å². The summed E-state index contributed by atoms with van der Waals surface area (Å²) >= 11 is 5.57. The average molecular weight is 198 g/mol. The van der Waals surface area contributed by atoms with Crippen LogP contribution in [0.2, 0.25) is 0 Å². The largest absolute Gasteiger partial charge is 0.271 e. The third-order valence-corrected chi connectivity index (χ3v) is 2.18. The highest BCUT2D eigenvalue weighted by Crippen LogP contribution is 2.06. The number of aryl methyl sites for hydroxylation is 2. The second-order valence-electron chi connectivity index (χ2n) is 2.90. The van der Waals surface area contributed by atoms with Gasteiger partial charge in [0.25, 0.3) is 0 Å². The van der Waals surface area contributed by atoms with Crippen molar-refractivity contribution >= 4 is 11.6 Å². The van der Waals surface area contributed by atoms with E-state index in [1.165, 1.54) is 0 Å². The number of unbranched alkanes of at least 4 members (excludes halogenated alkanes) is 1.